The minimum absolute atomic E-state index is 1.15. The highest BCUT2D eigenvalue weighted by atomic mass is 14.0. The molecule has 0 aliphatic carbocycles. The lowest BCUT2D eigenvalue weighted by Gasteiger charge is -2.02. The highest BCUT2D eigenvalue weighted by molar-refractivity contribution is 5.23. The summed E-state index contributed by atoms with van der Waals surface area (Å²) in [6.07, 6.45) is 8.53. The Morgan fingerprint density at radius 2 is 0.957 bits per heavy atom. The van der Waals surface area contributed by atoms with Gasteiger partial charge in [-0.3, -0.25) is 0 Å². The Morgan fingerprint density at radius 3 is 1.39 bits per heavy atom. The second-order valence-corrected chi connectivity index (χ2v) is 6.24. The van der Waals surface area contributed by atoms with Crippen LogP contribution in [0.15, 0.2) is 48.5 Å². The van der Waals surface area contributed by atoms with Crippen LogP contribution in [-0.2, 0) is 25.7 Å². The zero-order valence-electron chi connectivity index (χ0n) is 15.6. The third-order valence-corrected chi connectivity index (χ3v) is 4.04. The number of hydrogen-bond acceptors (Lipinski definition) is 0. The second-order valence-electron chi connectivity index (χ2n) is 6.24. The molecule has 0 N–H and O–H groups in total. The molecule has 2 aromatic carbocycles. The molecule has 23 heavy (non-hydrogen) atoms. The Labute approximate surface area is 144 Å². The van der Waals surface area contributed by atoms with E-state index in [0.29, 0.717) is 0 Å². The maximum atomic E-state index is 2.34. The molecule has 0 radical (unpaired) electrons. The smallest absolute Gasteiger partial charge is 0.0281 e. The summed E-state index contributed by atoms with van der Waals surface area (Å²) in [6, 6.07) is 17.9. The van der Waals surface area contributed by atoms with Crippen LogP contribution >= 0.6 is 0 Å². The Morgan fingerprint density at radius 1 is 0.522 bits per heavy atom. The van der Waals surface area contributed by atoms with E-state index >= 15 is 0 Å². The summed E-state index contributed by atoms with van der Waals surface area (Å²) >= 11 is 0. The first kappa shape index (κ1) is 19.5. The maximum Gasteiger partial charge on any atom is -0.0281 e. The molecule has 0 amide bonds. The molecule has 2 aromatic rings. The monoisotopic (exact) mass is 310 g/mol. The molecule has 0 saturated heterocycles. The summed E-state index contributed by atoms with van der Waals surface area (Å²) < 4.78 is 0. The van der Waals surface area contributed by atoms with Gasteiger partial charge in [0.1, 0.15) is 0 Å². The van der Waals surface area contributed by atoms with Crippen molar-refractivity contribution in [3.8, 4) is 0 Å². The number of benzene rings is 2. The topological polar surface area (TPSA) is 0 Å². The molecule has 0 aliphatic rings. The summed E-state index contributed by atoms with van der Waals surface area (Å²) in [7, 11) is 0. The van der Waals surface area contributed by atoms with Gasteiger partial charge < -0.3 is 0 Å². The molecule has 0 spiro atoms. The molecule has 0 fully saturated rings. The number of hydrogen-bond donors (Lipinski definition) is 0. The van der Waals surface area contributed by atoms with Crippen LogP contribution in [0.3, 0.4) is 0 Å². The molecule has 0 unspecified atom stereocenters. The summed E-state index contributed by atoms with van der Waals surface area (Å²) in [5, 5.41) is 0. The van der Waals surface area contributed by atoms with E-state index in [1.807, 2.05) is 0 Å². The summed E-state index contributed by atoms with van der Waals surface area (Å²) in [5.74, 6) is 0. The van der Waals surface area contributed by atoms with E-state index in [2.05, 4.69) is 76.2 Å². The van der Waals surface area contributed by atoms with Crippen LogP contribution < -0.4 is 0 Å². The van der Waals surface area contributed by atoms with Gasteiger partial charge in [0.05, 0.1) is 0 Å². The molecule has 0 aromatic heterocycles. The minimum Gasteiger partial charge on any atom is -0.0651 e. The predicted molar refractivity (Wildman–Crippen MR) is 104 cm³/mol. The van der Waals surface area contributed by atoms with E-state index in [9.17, 15) is 0 Å². The first-order valence-electron chi connectivity index (χ1n) is 9.39. The van der Waals surface area contributed by atoms with Gasteiger partial charge in [-0.15, -0.1) is 0 Å². The fourth-order valence-corrected chi connectivity index (χ4v) is 2.75. The molecule has 0 heterocycles. The van der Waals surface area contributed by atoms with Crippen molar-refractivity contribution < 1.29 is 0 Å². The van der Waals surface area contributed by atoms with Crippen molar-refractivity contribution >= 4 is 0 Å². The van der Waals surface area contributed by atoms with Crippen molar-refractivity contribution in [2.24, 2.45) is 0 Å². The van der Waals surface area contributed by atoms with Gasteiger partial charge in [0, 0.05) is 0 Å². The fourth-order valence-electron chi connectivity index (χ4n) is 2.75. The first-order valence-corrected chi connectivity index (χ1v) is 9.39. The van der Waals surface area contributed by atoms with E-state index in [-0.39, 0.29) is 0 Å². The molecule has 0 aliphatic heterocycles. The highest BCUT2D eigenvalue weighted by Gasteiger charge is 1.93. The lowest BCUT2D eigenvalue weighted by atomic mass is 10.0. The van der Waals surface area contributed by atoms with E-state index < -0.39 is 0 Å². The largest absolute Gasteiger partial charge is 0.0651 e. The summed E-state index contributed by atoms with van der Waals surface area (Å²) in [6.45, 7) is 8.86. The van der Waals surface area contributed by atoms with Crippen LogP contribution in [0, 0.1) is 0 Å². The van der Waals surface area contributed by atoms with Crippen LogP contribution in [0.1, 0.15) is 69.2 Å². The van der Waals surface area contributed by atoms with Crippen LogP contribution in [0.2, 0.25) is 0 Å². The summed E-state index contributed by atoms with van der Waals surface area (Å²) in [4.78, 5) is 0. The SMILES string of the molecule is CCCc1ccc(CC)cc1.CCCc1cccc(CCC)c1. The van der Waals surface area contributed by atoms with Crippen molar-refractivity contribution in [1.82, 2.24) is 0 Å². The van der Waals surface area contributed by atoms with Crippen LogP contribution in [0.25, 0.3) is 0 Å². The third kappa shape index (κ3) is 8.02. The Kier molecular flexibility index (Phi) is 10.1. The number of rotatable bonds is 7. The van der Waals surface area contributed by atoms with Crippen molar-refractivity contribution in [2.75, 3.05) is 0 Å². The normalized spacial score (nSPS) is 10.1. The Hall–Kier alpha value is -1.56. The van der Waals surface area contributed by atoms with Gasteiger partial charge >= 0.3 is 0 Å². The fraction of sp³-hybridized carbons (Fsp3) is 0.478. The van der Waals surface area contributed by atoms with Crippen molar-refractivity contribution in [3.63, 3.8) is 0 Å². The van der Waals surface area contributed by atoms with E-state index in [0.717, 1.165) is 6.42 Å². The van der Waals surface area contributed by atoms with Gasteiger partial charge in [0.15, 0.2) is 0 Å². The van der Waals surface area contributed by atoms with Gasteiger partial charge in [0.2, 0.25) is 0 Å². The van der Waals surface area contributed by atoms with Gasteiger partial charge in [-0.1, -0.05) is 95.5 Å². The van der Waals surface area contributed by atoms with E-state index in [1.165, 1.54) is 60.8 Å². The van der Waals surface area contributed by atoms with Crippen LogP contribution in [0.5, 0.6) is 0 Å². The molecule has 0 atom stereocenters. The molecule has 2 rings (SSSR count). The van der Waals surface area contributed by atoms with E-state index in [1.54, 1.807) is 0 Å². The quantitative estimate of drug-likeness (QED) is 0.528. The van der Waals surface area contributed by atoms with Gasteiger partial charge in [-0.2, -0.15) is 0 Å². The van der Waals surface area contributed by atoms with Gasteiger partial charge in [-0.25, -0.2) is 0 Å². The zero-order chi connectivity index (χ0) is 16.9. The lowest BCUT2D eigenvalue weighted by Crippen LogP contribution is -1.87. The van der Waals surface area contributed by atoms with Crippen molar-refractivity contribution in [2.45, 2.75) is 72.6 Å². The Bertz CT molecular complexity index is 501. The van der Waals surface area contributed by atoms with Crippen LogP contribution in [-0.4, -0.2) is 0 Å². The molecule has 0 heteroatoms. The molecule has 126 valence electrons. The second kappa shape index (κ2) is 11.9. The summed E-state index contributed by atoms with van der Waals surface area (Å²) in [5.41, 5.74) is 5.88. The van der Waals surface area contributed by atoms with Gasteiger partial charge in [0.25, 0.3) is 0 Å². The zero-order valence-corrected chi connectivity index (χ0v) is 15.6. The standard InChI is InChI=1S/C12H18.C11H16/c1-3-6-11-8-5-9-12(10-11)7-4-2;1-3-5-11-8-6-10(4-2)7-9-11/h5,8-10H,3-4,6-7H2,1-2H3;6-9H,3-5H2,1-2H3. The molecule has 0 nitrogen and oxygen atoms in total. The molecular formula is C23H34. The van der Waals surface area contributed by atoms with Crippen LogP contribution in [0.4, 0.5) is 0 Å². The first-order chi connectivity index (χ1) is 11.2. The lowest BCUT2D eigenvalue weighted by molar-refractivity contribution is 0.895. The maximum absolute atomic E-state index is 2.34. The van der Waals surface area contributed by atoms with Crippen molar-refractivity contribution in [1.29, 1.82) is 0 Å². The number of aryl methyl sites for hydroxylation is 4. The van der Waals surface area contributed by atoms with Gasteiger partial charge in [-0.05, 0) is 47.9 Å². The molecule has 0 bridgehead atoms. The third-order valence-electron chi connectivity index (χ3n) is 4.04. The Balaban J connectivity index is 0.000000231. The average Bonchev–Trinajstić information content (AvgIpc) is 2.57. The predicted octanol–water partition coefficient (Wildman–Crippen LogP) is 6.79. The van der Waals surface area contributed by atoms with Crippen molar-refractivity contribution in [3.05, 3.63) is 70.8 Å². The van der Waals surface area contributed by atoms with E-state index in [4.69, 9.17) is 0 Å². The molecular weight excluding hydrogens is 276 g/mol. The minimum atomic E-state index is 1.15. The highest BCUT2D eigenvalue weighted by Crippen LogP contribution is 2.09. The average molecular weight is 311 g/mol. The molecule has 0 saturated carbocycles.